The van der Waals surface area contributed by atoms with Crippen LogP contribution in [0, 0.1) is 0 Å². The van der Waals surface area contributed by atoms with Crippen molar-refractivity contribution in [2.24, 2.45) is 0 Å². The van der Waals surface area contributed by atoms with E-state index in [2.05, 4.69) is 5.32 Å². The van der Waals surface area contributed by atoms with Gasteiger partial charge in [0, 0.05) is 12.8 Å². The first-order valence-electron chi connectivity index (χ1n) is 9.73. The smallest absolute Gasteiger partial charge is 0.262 e. The lowest BCUT2D eigenvalue weighted by Crippen LogP contribution is -2.54. The molecule has 0 aliphatic carbocycles. The highest BCUT2D eigenvalue weighted by atomic mass is 16.2. The van der Waals surface area contributed by atoms with E-state index in [0.717, 1.165) is 36.1 Å². The van der Waals surface area contributed by atoms with Gasteiger partial charge < -0.3 is 4.79 Å². The topological polar surface area (TPSA) is 101 Å². The van der Waals surface area contributed by atoms with Crippen LogP contribution in [0.3, 0.4) is 0 Å². The molecule has 2 heterocycles. The second-order valence-electron chi connectivity index (χ2n) is 7.40. The van der Waals surface area contributed by atoms with E-state index in [9.17, 15) is 24.0 Å². The van der Waals surface area contributed by atoms with Gasteiger partial charge in [-0.05, 0) is 44.2 Å². The van der Waals surface area contributed by atoms with Crippen LogP contribution in [0.1, 0.15) is 78.1 Å². The number of hydrogen-bond donors (Lipinski definition) is 1. The third kappa shape index (κ3) is 4.03. The Kier molecular flexibility index (Phi) is 6.02. The lowest BCUT2D eigenvalue weighted by Gasteiger charge is -2.27. The molecule has 7 heteroatoms. The quantitative estimate of drug-likeness (QED) is 0.547. The van der Waals surface area contributed by atoms with Gasteiger partial charge in [0.25, 0.3) is 11.8 Å². The van der Waals surface area contributed by atoms with Crippen LogP contribution in [0.4, 0.5) is 0 Å². The summed E-state index contributed by atoms with van der Waals surface area (Å²) >= 11 is 0. The van der Waals surface area contributed by atoms with Gasteiger partial charge in [-0.1, -0.05) is 25.0 Å². The van der Waals surface area contributed by atoms with Gasteiger partial charge in [0.15, 0.2) is 0 Å². The number of amides is 4. The third-order valence-corrected chi connectivity index (χ3v) is 5.28. The fourth-order valence-electron chi connectivity index (χ4n) is 3.84. The predicted octanol–water partition coefficient (Wildman–Crippen LogP) is 2.17. The van der Waals surface area contributed by atoms with Gasteiger partial charge in [0.1, 0.15) is 11.8 Å². The Morgan fingerprint density at radius 2 is 1.82 bits per heavy atom. The first kappa shape index (κ1) is 19.9. The molecule has 1 unspecified atom stereocenters. The molecule has 7 nitrogen and oxygen atoms in total. The number of nitrogens with one attached hydrogen (secondary N) is 1. The van der Waals surface area contributed by atoms with Gasteiger partial charge in [-0.25, -0.2) is 0 Å². The molecule has 1 saturated heterocycles. The summed E-state index contributed by atoms with van der Waals surface area (Å²) in [5.74, 6) is -1.72. The zero-order valence-corrected chi connectivity index (χ0v) is 16.0. The van der Waals surface area contributed by atoms with Crippen LogP contribution in [0.5, 0.6) is 0 Å². The molecule has 1 atom stereocenters. The first-order chi connectivity index (χ1) is 13.4. The maximum atomic E-state index is 13.0. The molecule has 28 heavy (non-hydrogen) atoms. The van der Waals surface area contributed by atoms with Crippen LogP contribution < -0.4 is 5.32 Å². The van der Waals surface area contributed by atoms with E-state index in [-0.39, 0.29) is 24.5 Å². The van der Waals surface area contributed by atoms with E-state index in [4.69, 9.17) is 0 Å². The lowest BCUT2D eigenvalue weighted by molar-refractivity contribution is -0.136. The Morgan fingerprint density at radius 1 is 1.07 bits per heavy atom. The molecule has 3 rings (SSSR count). The van der Waals surface area contributed by atoms with E-state index in [1.54, 1.807) is 19.1 Å². The van der Waals surface area contributed by atoms with Crippen LogP contribution in [0.15, 0.2) is 18.2 Å². The minimum atomic E-state index is -0.940. The van der Waals surface area contributed by atoms with Gasteiger partial charge in [-0.2, -0.15) is 0 Å². The maximum absolute atomic E-state index is 13.0. The minimum Gasteiger partial charge on any atom is -0.300 e. The number of carbonyl (C=O) groups is 5. The molecule has 0 bridgehead atoms. The summed E-state index contributed by atoms with van der Waals surface area (Å²) in [7, 11) is 0. The van der Waals surface area contributed by atoms with Crippen LogP contribution >= 0.6 is 0 Å². The molecule has 0 radical (unpaired) electrons. The fraction of sp³-hybridized carbons (Fsp3) is 0.476. The molecule has 1 aromatic carbocycles. The molecule has 148 valence electrons. The van der Waals surface area contributed by atoms with Crippen molar-refractivity contribution in [1.29, 1.82) is 0 Å². The van der Waals surface area contributed by atoms with Crippen molar-refractivity contribution in [3.05, 3.63) is 34.9 Å². The number of aryl methyl sites for hydroxylation is 1. The first-order valence-corrected chi connectivity index (χ1v) is 9.73. The summed E-state index contributed by atoms with van der Waals surface area (Å²) in [5.41, 5.74) is 1.50. The van der Waals surface area contributed by atoms with E-state index in [1.165, 1.54) is 0 Å². The number of rotatable bonds is 8. The predicted molar refractivity (Wildman–Crippen MR) is 101 cm³/mol. The minimum absolute atomic E-state index is 0.108. The number of imide groups is 2. The number of piperidine rings is 1. The van der Waals surface area contributed by atoms with Crippen molar-refractivity contribution >= 4 is 29.4 Å². The monoisotopic (exact) mass is 384 g/mol. The molecular weight excluding hydrogens is 360 g/mol. The molecule has 0 aromatic heterocycles. The van der Waals surface area contributed by atoms with Crippen LogP contribution in [0.2, 0.25) is 0 Å². The largest absolute Gasteiger partial charge is 0.300 e. The van der Waals surface area contributed by atoms with Crippen LogP contribution in [-0.4, -0.2) is 40.4 Å². The van der Waals surface area contributed by atoms with Gasteiger partial charge in [-0.3, -0.25) is 29.4 Å². The number of hydrogen-bond acceptors (Lipinski definition) is 5. The van der Waals surface area contributed by atoms with E-state index >= 15 is 0 Å². The maximum Gasteiger partial charge on any atom is 0.262 e. The Hall–Kier alpha value is -2.83. The Balaban J connectivity index is 1.69. The highest BCUT2D eigenvalue weighted by molar-refractivity contribution is 6.24. The number of unbranched alkanes of at least 4 members (excludes halogenated alkanes) is 3. The average molecular weight is 384 g/mol. The summed E-state index contributed by atoms with van der Waals surface area (Å²) in [4.78, 5) is 61.2. The number of nitrogens with zero attached hydrogens (tertiary/aromatic N) is 1. The number of ketones is 1. The SMILES string of the molecule is CC(=O)CCCCCCc1cccc2c1C(=O)N(C1CCC(=O)NC1=O)C2=O. The second-order valence-corrected chi connectivity index (χ2v) is 7.40. The summed E-state index contributed by atoms with van der Waals surface area (Å²) in [5, 5.41) is 2.20. The zero-order valence-electron chi connectivity index (χ0n) is 16.0. The number of carbonyl (C=O) groups excluding carboxylic acids is 5. The highest BCUT2D eigenvalue weighted by Gasteiger charge is 2.45. The Morgan fingerprint density at radius 3 is 2.54 bits per heavy atom. The number of fused-ring (bicyclic) bond motifs is 1. The molecule has 1 fully saturated rings. The van der Waals surface area contributed by atoms with Crippen LogP contribution in [0.25, 0.3) is 0 Å². The van der Waals surface area contributed by atoms with Crippen molar-refractivity contribution < 1.29 is 24.0 Å². The van der Waals surface area contributed by atoms with Crippen LogP contribution in [-0.2, 0) is 20.8 Å². The van der Waals surface area contributed by atoms with Gasteiger partial charge in [-0.15, -0.1) is 0 Å². The Bertz CT molecular complexity index is 845. The van der Waals surface area contributed by atoms with Gasteiger partial charge in [0.05, 0.1) is 11.1 Å². The number of Topliss-reactive ketones (excluding diaryl/α,β-unsaturated/α-hetero) is 1. The normalized spacial score (nSPS) is 19.0. The molecule has 2 aliphatic heterocycles. The van der Waals surface area contributed by atoms with E-state index < -0.39 is 23.8 Å². The van der Waals surface area contributed by atoms with Gasteiger partial charge in [0.2, 0.25) is 11.8 Å². The highest BCUT2D eigenvalue weighted by Crippen LogP contribution is 2.30. The summed E-state index contributed by atoms with van der Waals surface area (Å²) in [6.07, 6.45) is 5.12. The zero-order chi connectivity index (χ0) is 20.3. The summed E-state index contributed by atoms with van der Waals surface area (Å²) < 4.78 is 0. The molecule has 2 aliphatic rings. The fourth-order valence-corrected chi connectivity index (χ4v) is 3.84. The summed E-state index contributed by atoms with van der Waals surface area (Å²) in [6.45, 7) is 1.59. The Labute approximate surface area is 163 Å². The van der Waals surface area contributed by atoms with Crippen molar-refractivity contribution in [3.8, 4) is 0 Å². The molecule has 0 spiro atoms. The molecule has 4 amide bonds. The van der Waals surface area contributed by atoms with Gasteiger partial charge >= 0.3 is 0 Å². The van der Waals surface area contributed by atoms with Crippen molar-refractivity contribution in [2.75, 3.05) is 0 Å². The number of benzene rings is 1. The van der Waals surface area contributed by atoms with Crippen molar-refractivity contribution in [2.45, 2.75) is 64.3 Å². The molecule has 0 saturated carbocycles. The lowest BCUT2D eigenvalue weighted by atomic mass is 9.97. The molecule has 1 aromatic rings. The molecule has 1 N–H and O–H groups in total. The summed E-state index contributed by atoms with van der Waals surface area (Å²) in [6, 6.07) is 4.26. The third-order valence-electron chi connectivity index (χ3n) is 5.28. The van der Waals surface area contributed by atoms with E-state index in [0.29, 0.717) is 24.0 Å². The van der Waals surface area contributed by atoms with Crippen molar-refractivity contribution in [1.82, 2.24) is 10.2 Å². The second kappa shape index (κ2) is 8.46. The average Bonchev–Trinajstić information content (AvgIpc) is 2.90. The standard InChI is InChI=1S/C21H24N2O5/c1-13(24)7-4-2-3-5-8-14-9-6-10-15-18(14)21(28)23(20(15)27)16-11-12-17(25)22-19(16)26/h6,9-10,16H,2-5,7-8,11-12H2,1H3,(H,22,25,26). The van der Waals surface area contributed by atoms with E-state index in [1.807, 2.05) is 6.07 Å². The van der Waals surface area contributed by atoms with Crippen molar-refractivity contribution in [3.63, 3.8) is 0 Å². The molecular formula is C21H24N2O5.